The molecule has 3 aromatic rings. The number of nitrogens with one attached hydrogen (secondary N) is 1. The second kappa shape index (κ2) is 7.47. The summed E-state index contributed by atoms with van der Waals surface area (Å²) >= 11 is 0. The second-order valence-electron chi connectivity index (χ2n) is 6.76. The van der Waals surface area contributed by atoms with Gasteiger partial charge in [-0.25, -0.2) is 0 Å². The maximum atomic E-state index is 13.2. The number of amides is 1. The zero-order chi connectivity index (χ0) is 18.7. The van der Waals surface area contributed by atoms with Crippen LogP contribution in [0.3, 0.4) is 0 Å². The van der Waals surface area contributed by atoms with Gasteiger partial charge >= 0.3 is 0 Å². The summed E-state index contributed by atoms with van der Waals surface area (Å²) < 4.78 is 0. The fourth-order valence-corrected chi connectivity index (χ4v) is 3.21. The van der Waals surface area contributed by atoms with Crippen molar-refractivity contribution in [1.29, 1.82) is 0 Å². The van der Waals surface area contributed by atoms with Gasteiger partial charge in [-0.3, -0.25) is 4.79 Å². The van der Waals surface area contributed by atoms with Crippen LogP contribution in [0.1, 0.15) is 38.1 Å². The molecular formula is C20H23N5O. The molecule has 0 aliphatic rings. The highest BCUT2D eigenvalue weighted by Crippen LogP contribution is 2.27. The van der Waals surface area contributed by atoms with E-state index in [4.69, 9.17) is 0 Å². The maximum absolute atomic E-state index is 13.2. The average Bonchev–Trinajstić information content (AvgIpc) is 3.16. The number of tetrazole rings is 1. The summed E-state index contributed by atoms with van der Waals surface area (Å²) in [6.45, 7) is 8.17. The summed E-state index contributed by atoms with van der Waals surface area (Å²) in [6, 6.07) is 15.8. The van der Waals surface area contributed by atoms with Gasteiger partial charge in [-0.15, -0.1) is 10.2 Å². The molecule has 1 N–H and O–H groups in total. The Labute approximate surface area is 153 Å². The SMILES string of the molecule is CC(C)N(C(=O)c1ccccc1-c1ccc(-c2nn[nH]n2)cc1)C(C)C. The molecule has 1 amide bonds. The van der Waals surface area contributed by atoms with E-state index in [9.17, 15) is 4.79 Å². The van der Waals surface area contributed by atoms with Crippen LogP contribution in [0, 0.1) is 0 Å². The quantitative estimate of drug-likeness (QED) is 0.760. The Kier molecular flexibility index (Phi) is 5.11. The third-order valence-electron chi connectivity index (χ3n) is 4.30. The summed E-state index contributed by atoms with van der Waals surface area (Å²) in [5, 5.41) is 14.0. The summed E-state index contributed by atoms with van der Waals surface area (Å²) in [7, 11) is 0. The van der Waals surface area contributed by atoms with Crippen LogP contribution in [0.4, 0.5) is 0 Å². The highest BCUT2D eigenvalue weighted by Gasteiger charge is 2.23. The van der Waals surface area contributed by atoms with E-state index in [1.807, 2.05) is 81.1 Å². The molecule has 6 nitrogen and oxygen atoms in total. The van der Waals surface area contributed by atoms with Crippen LogP contribution in [0.2, 0.25) is 0 Å². The first kappa shape index (κ1) is 17.8. The van der Waals surface area contributed by atoms with Crippen LogP contribution in [-0.2, 0) is 0 Å². The molecule has 0 saturated carbocycles. The van der Waals surface area contributed by atoms with Crippen LogP contribution >= 0.6 is 0 Å². The van der Waals surface area contributed by atoms with Crippen molar-refractivity contribution in [2.45, 2.75) is 39.8 Å². The third kappa shape index (κ3) is 3.49. The van der Waals surface area contributed by atoms with Gasteiger partial charge in [0.1, 0.15) is 0 Å². The lowest BCUT2D eigenvalue weighted by Crippen LogP contribution is -2.42. The summed E-state index contributed by atoms with van der Waals surface area (Å²) in [4.78, 5) is 15.1. The van der Waals surface area contributed by atoms with E-state index in [1.54, 1.807) is 0 Å². The summed E-state index contributed by atoms with van der Waals surface area (Å²) in [5.74, 6) is 0.597. The smallest absolute Gasteiger partial charge is 0.254 e. The van der Waals surface area contributed by atoms with Gasteiger partial charge in [-0.05, 0) is 50.1 Å². The molecule has 0 aliphatic carbocycles. The number of H-pyrrole nitrogens is 1. The molecule has 1 heterocycles. The molecule has 3 rings (SSSR count). The van der Waals surface area contributed by atoms with Crippen molar-refractivity contribution in [3.63, 3.8) is 0 Å². The van der Waals surface area contributed by atoms with E-state index in [0.717, 1.165) is 16.7 Å². The van der Waals surface area contributed by atoms with Crippen LogP contribution in [0.15, 0.2) is 48.5 Å². The van der Waals surface area contributed by atoms with Gasteiger partial charge in [0.05, 0.1) is 0 Å². The Morgan fingerprint density at radius 3 is 2.12 bits per heavy atom. The van der Waals surface area contributed by atoms with Crippen molar-refractivity contribution >= 4 is 5.91 Å². The molecule has 0 radical (unpaired) electrons. The number of hydrogen-bond donors (Lipinski definition) is 1. The third-order valence-corrected chi connectivity index (χ3v) is 4.30. The Morgan fingerprint density at radius 1 is 0.923 bits per heavy atom. The average molecular weight is 349 g/mol. The molecular weight excluding hydrogens is 326 g/mol. The molecule has 0 bridgehead atoms. The summed E-state index contributed by atoms with van der Waals surface area (Å²) in [6.07, 6.45) is 0. The monoisotopic (exact) mass is 349 g/mol. The normalized spacial score (nSPS) is 11.2. The largest absolute Gasteiger partial charge is 0.334 e. The van der Waals surface area contributed by atoms with E-state index in [1.165, 1.54) is 0 Å². The van der Waals surface area contributed by atoms with Crippen molar-refractivity contribution in [2.75, 3.05) is 0 Å². The number of rotatable bonds is 5. The molecule has 1 aromatic heterocycles. The van der Waals surface area contributed by atoms with Crippen LogP contribution < -0.4 is 0 Å². The minimum absolute atomic E-state index is 0.0489. The predicted octanol–water partition coefficient (Wildman–Crippen LogP) is 3.79. The van der Waals surface area contributed by atoms with Crippen LogP contribution in [0.25, 0.3) is 22.5 Å². The molecule has 0 atom stereocenters. The Balaban J connectivity index is 1.98. The molecule has 2 aromatic carbocycles. The van der Waals surface area contributed by atoms with Crippen molar-refractivity contribution in [2.24, 2.45) is 0 Å². The van der Waals surface area contributed by atoms with Gasteiger partial charge in [-0.1, -0.05) is 42.5 Å². The molecule has 0 unspecified atom stereocenters. The van der Waals surface area contributed by atoms with Gasteiger partial charge < -0.3 is 4.90 Å². The number of aromatic nitrogens is 4. The van der Waals surface area contributed by atoms with Crippen LogP contribution in [-0.4, -0.2) is 43.5 Å². The van der Waals surface area contributed by atoms with Gasteiger partial charge in [0.15, 0.2) is 0 Å². The zero-order valence-electron chi connectivity index (χ0n) is 15.5. The first-order chi connectivity index (χ1) is 12.5. The Morgan fingerprint density at radius 2 is 1.54 bits per heavy atom. The van der Waals surface area contributed by atoms with Gasteiger partial charge in [-0.2, -0.15) is 5.21 Å². The minimum Gasteiger partial charge on any atom is -0.334 e. The lowest BCUT2D eigenvalue weighted by molar-refractivity contribution is 0.0644. The molecule has 0 fully saturated rings. The first-order valence-electron chi connectivity index (χ1n) is 8.75. The van der Waals surface area contributed by atoms with Crippen molar-refractivity contribution in [3.05, 3.63) is 54.1 Å². The first-order valence-corrected chi connectivity index (χ1v) is 8.75. The highest BCUT2D eigenvalue weighted by molar-refractivity contribution is 6.01. The zero-order valence-corrected chi connectivity index (χ0v) is 15.5. The molecule has 6 heteroatoms. The fourth-order valence-electron chi connectivity index (χ4n) is 3.21. The standard InChI is InChI=1S/C20H23N5O/c1-13(2)25(14(3)4)20(26)18-8-6-5-7-17(18)15-9-11-16(12-10-15)19-21-23-24-22-19/h5-14H,1-4H3,(H,21,22,23,24). The maximum Gasteiger partial charge on any atom is 0.254 e. The lowest BCUT2D eigenvalue weighted by Gasteiger charge is -2.31. The second-order valence-corrected chi connectivity index (χ2v) is 6.76. The van der Waals surface area contributed by atoms with Gasteiger partial charge in [0, 0.05) is 23.2 Å². The molecule has 0 saturated heterocycles. The number of hydrogen-bond acceptors (Lipinski definition) is 4. The van der Waals surface area contributed by atoms with Crippen molar-refractivity contribution in [3.8, 4) is 22.5 Å². The predicted molar refractivity (Wildman–Crippen MR) is 101 cm³/mol. The minimum atomic E-state index is 0.0489. The van der Waals surface area contributed by atoms with Gasteiger partial charge in [0.25, 0.3) is 5.91 Å². The number of aromatic amines is 1. The highest BCUT2D eigenvalue weighted by atomic mass is 16.2. The topological polar surface area (TPSA) is 74.8 Å². The van der Waals surface area contributed by atoms with E-state index in [0.29, 0.717) is 11.4 Å². The van der Waals surface area contributed by atoms with Crippen molar-refractivity contribution in [1.82, 2.24) is 25.5 Å². The molecule has 134 valence electrons. The number of carbonyl (C=O) groups excluding carboxylic acids is 1. The number of nitrogens with zero attached hydrogens (tertiary/aromatic N) is 4. The molecule has 0 aliphatic heterocycles. The summed E-state index contributed by atoms with van der Waals surface area (Å²) in [5.41, 5.74) is 3.48. The molecule has 0 spiro atoms. The fraction of sp³-hybridized carbons (Fsp3) is 0.300. The Bertz CT molecular complexity index is 861. The van der Waals surface area contributed by atoms with E-state index < -0.39 is 0 Å². The van der Waals surface area contributed by atoms with Crippen LogP contribution in [0.5, 0.6) is 0 Å². The van der Waals surface area contributed by atoms with E-state index in [2.05, 4.69) is 20.6 Å². The number of carbonyl (C=O) groups is 1. The van der Waals surface area contributed by atoms with E-state index in [-0.39, 0.29) is 18.0 Å². The van der Waals surface area contributed by atoms with E-state index >= 15 is 0 Å². The van der Waals surface area contributed by atoms with Gasteiger partial charge in [0.2, 0.25) is 5.82 Å². The number of benzene rings is 2. The molecule has 26 heavy (non-hydrogen) atoms. The lowest BCUT2D eigenvalue weighted by atomic mass is 9.97. The Hall–Kier alpha value is -3.02. The van der Waals surface area contributed by atoms with Crippen molar-refractivity contribution < 1.29 is 4.79 Å².